The Kier molecular flexibility index (Phi) is 4.83. The molecule has 0 atom stereocenters. The molecule has 0 unspecified atom stereocenters. The maximum absolute atomic E-state index is 12.4. The van der Waals surface area contributed by atoms with Crippen molar-refractivity contribution in [1.29, 1.82) is 0 Å². The van der Waals surface area contributed by atoms with Crippen molar-refractivity contribution in [3.05, 3.63) is 59.0 Å². The first-order valence-corrected chi connectivity index (χ1v) is 8.64. The molecule has 0 bridgehead atoms. The van der Waals surface area contributed by atoms with Crippen LogP contribution in [0.2, 0.25) is 0 Å². The highest BCUT2D eigenvalue weighted by atomic mass is 16.1. The zero-order valence-electron chi connectivity index (χ0n) is 15.2. The van der Waals surface area contributed by atoms with Crippen LogP contribution in [0.3, 0.4) is 0 Å². The predicted octanol–water partition coefficient (Wildman–Crippen LogP) is 3.60. The smallest absolute Gasteiger partial charge is 0.251 e. The molecule has 3 aromatic rings. The first-order valence-electron chi connectivity index (χ1n) is 8.64. The third-order valence-electron chi connectivity index (χ3n) is 4.30. The number of nitrogens with zero attached hydrogens (tertiary/aromatic N) is 3. The van der Waals surface area contributed by atoms with Gasteiger partial charge in [-0.25, -0.2) is 9.97 Å². The topological polar surface area (TPSA) is 59.8 Å². The van der Waals surface area contributed by atoms with Crippen molar-refractivity contribution in [3.63, 3.8) is 0 Å². The number of benzene rings is 1. The number of carbonyl (C=O) groups is 1. The van der Waals surface area contributed by atoms with Crippen molar-refractivity contribution in [2.45, 2.75) is 40.2 Å². The van der Waals surface area contributed by atoms with E-state index in [2.05, 4.69) is 33.7 Å². The van der Waals surface area contributed by atoms with Gasteiger partial charge in [-0.1, -0.05) is 17.7 Å². The molecule has 3 rings (SSSR count). The molecule has 0 saturated carbocycles. The van der Waals surface area contributed by atoms with Crippen LogP contribution in [0.1, 0.15) is 47.2 Å². The van der Waals surface area contributed by atoms with Crippen molar-refractivity contribution in [1.82, 2.24) is 19.9 Å². The summed E-state index contributed by atoms with van der Waals surface area (Å²) in [6, 6.07) is 10.0. The van der Waals surface area contributed by atoms with Gasteiger partial charge in [-0.2, -0.15) is 0 Å². The molecule has 0 aliphatic heterocycles. The van der Waals surface area contributed by atoms with E-state index in [-0.39, 0.29) is 11.9 Å². The number of fused-ring (bicyclic) bond motifs is 1. The summed E-state index contributed by atoms with van der Waals surface area (Å²) in [5, 5.41) is 3.01. The Hall–Kier alpha value is -2.69. The number of pyridine rings is 1. The number of imidazole rings is 1. The molecule has 5 nitrogen and oxygen atoms in total. The van der Waals surface area contributed by atoms with Crippen LogP contribution in [-0.2, 0) is 6.42 Å². The lowest BCUT2D eigenvalue weighted by Gasteiger charge is -2.13. The third-order valence-corrected chi connectivity index (χ3v) is 4.30. The minimum absolute atomic E-state index is 0.0390. The van der Waals surface area contributed by atoms with E-state index in [1.807, 2.05) is 44.2 Å². The van der Waals surface area contributed by atoms with E-state index < -0.39 is 0 Å². The predicted molar refractivity (Wildman–Crippen MR) is 99.9 cm³/mol. The van der Waals surface area contributed by atoms with Gasteiger partial charge in [0, 0.05) is 30.8 Å². The average molecular weight is 336 g/mol. The summed E-state index contributed by atoms with van der Waals surface area (Å²) in [5.74, 6) is 0.910. The molecule has 1 N–H and O–H groups in total. The number of nitrogens with one attached hydrogen (secondary N) is 1. The van der Waals surface area contributed by atoms with E-state index in [4.69, 9.17) is 0 Å². The molecule has 2 aromatic heterocycles. The highest BCUT2D eigenvalue weighted by Gasteiger charge is 2.14. The van der Waals surface area contributed by atoms with E-state index in [1.54, 1.807) is 6.20 Å². The summed E-state index contributed by atoms with van der Waals surface area (Å²) in [5.41, 5.74) is 4.67. The van der Waals surface area contributed by atoms with Gasteiger partial charge in [0.1, 0.15) is 11.3 Å². The van der Waals surface area contributed by atoms with Crippen LogP contribution >= 0.6 is 0 Å². The summed E-state index contributed by atoms with van der Waals surface area (Å²) in [6.07, 6.45) is 2.46. The summed E-state index contributed by atoms with van der Waals surface area (Å²) < 4.78 is 2.14. The zero-order valence-corrected chi connectivity index (χ0v) is 15.2. The summed E-state index contributed by atoms with van der Waals surface area (Å²) in [6.45, 7) is 8.77. The molecule has 0 spiro atoms. The monoisotopic (exact) mass is 336 g/mol. The van der Waals surface area contributed by atoms with Crippen LogP contribution in [-0.4, -0.2) is 27.0 Å². The van der Waals surface area contributed by atoms with Crippen molar-refractivity contribution >= 4 is 17.1 Å². The highest BCUT2D eigenvalue weighted by Crippen LogP contribution is 2.19. The lowest BCUT2D eigenvalue weighted by molar-refractivity contribution is 0.0953. The van der Waals surface area contributed by atoms with Gasteiger partial charge in [-0.3, -0.25) is 4.79 Å². The van der Waals surface area contributed by atoms with Gasteiger partial charge in [0.05, 0.1) is 0 Å². The molecule has 130 valence electrons. The summed E-state index contributed by atoms with van der Waals surface area (Å²) in [7, 11) is 0. The Labute approximate surface area is 148 Å². The SMILES string of the molecule is Cc1ccc(C(=O)NCCc2nc3cccnc3n2C(C)C)c(C)c1. The first kappa shape index (κ1) is 17.1. The number of rotatable bonds is 5. The Morgan fingerprint density at radius 1 is 1.24 bits per heavy atom. The minimum Gasteiger partial charge on any atom is -0.352 e. The number of carbonyl (C=O) groups excluding carboxylic acids is 1. The molecular weight excluding hydrogens is 312 g/mol. The molecule has 0 radical (unpaired) electrons. The maximum Gasteiger partial charge on any atom is 0.251 e. The molecule has 5 heteroatoms. The first-order chi connectivity index (χ1) is 12.0. The standard InChI is InChI=1S/C20H24N4O/c1-13(2)24-18(23-17-6-5-10-21-19(17)24)9-11-22-20(25)16-8-7-14(3)12-15(16)4/h5-8,10,12-13H,9,11H2,1-4H3,(H,22,25). The molecule has 0 fully saturated rings. The highest BCUT2D eigenvalue weighted by molar-refractivity contribution is 5.95. The van der Waals surface area contributed by atoms with Gasteiger partial charge in [-0.05, 0) is 51.5 Å². The second kappa shape index (κ2) is 7.05. The Morgan fingerprint density at radius 3 is 2.76 bits per heavy atom. The lowest BCUT2D eigenvalue weighted by atomic mass is 10.1. The van der Waals surface area contributed by atoms with Crippen molar-refractivity contribution in [2.24, 2.45) is 0 Å². The normalized spacial score (nSPS) is 11.2. The van der Waals surface area contributed by atoms with Crippen LogP contribution in [0, 0.1) is 13.8 Å². The second-order valence-corrected chi connectivity index (χ2v) is 6.66. The molecule has 1 aromatic carbocycles. The number of aryl methyl sites for hydroxylation is 2. The minimum atomic E-state index is -0.0390. The van der Waals surface area contributed by atoms with Gasteiger partial charge in [-0.15, -0.1) is 0 Å². The van der Waals surface area contributed by atoms with Gasteiger partial charge in [0.25, 0.3) is 5.91 Å². The fraction of sp³-hybridized carbons (Fsp3) is 0.350. The molecule has 2 heterocycles. The molecule has 0 aliphatic rings. The van der Waals surface area contributed by atoms with Crippen molar-refractivity contribution in [3.8, 4) is 0 Å². The van der Waals surface area contributed by atoms with Gasteiger partial charge in [0.2, 0.25) is 0 Å². The van der Waals surface area contributed by atoms with Crippen LogP contribution in [0.5, 0.6) is 0 Å². The van der Waals surface area contributed by atoms with Crippen LogP contribution in [0.15, 0.2) is 36.5 Å². The summed E-state index contributed by atoms with van der Waals surface area (Å²) in [4.78, 5) is 21.5. The van der Waals surface area contributed by atoms with E-state index in [1.165, 1.54) is 0 Å². The van der Waals surface area contributed by atoms with E-state index in [0.717, 1.165) is 33.7 Å². The lowest BCUT2D eigenvalue weighted by Crippen LogP contribution is -2.27. The molecular formula is C20H24N4O. The molecule has 0 saturated heterocycles. The van der Waals surface area contributed by atoms with Gasteiger partial charge < -0.3 is 9.88 Å². The molecule has 25 heavy (non-hydrogen) atoms. The van der Waals surface area contributed by atoms with Crippen molar-refractivity contribution < 1.29 is 4.79 Å². The van der Waals surface area contributed by atoms with Crippen LogP contribution < -0.4 is 5.32 Å². The fourth-order valence-corrected chi connectivity index (χ4v) is 3.15. The Morgan fingerprint density at radius 2 is 2.04 bits per heavy atom. The zero-order chi connectivity index (χ0) is 18.0. The van der Waals surface area contributed by atoms with E-state index in [0.29, 0.717) is 13.0 Å². The van der Waals surface area contributed by atoms with E-state index in [9.17, 15) is 4.79 Å². The Bertz CT molecular complexity index is 911. The second-order valence-electron chi connectivity index (χ2n) is 6.66. The fourth-order valence-electron chi connectivity index (χ4n) is 3.15. The van der Waals surface area contributed by atoms with E-state index >= 15 is 0 Å². The van der Waals surface area contributed by atoms with Gasteiger partial charge >= 0.3 is 0 Å². The third kappa shape index (κ3) is 3.55. The van der Waals surface area contributed by atoms with Crippen molar-refractivity contribution in [2.75, 3.05) is 6.54 Å². The number of amides is 1. The number of hydrogen-bond donors (Lipinski definition) is 1. The van der Waals surface area contributed by atoms with Gasteiger partial charge in [0.15, 0.2) is 5.65 Å². The molecule has 0 aliphatic carbocycles. The quantitative estimate of drug-likeness (QED) is 0.774. The number of hydrogen-bond acceptors (Lipinski definition) is 3. The average Bonchev–Trinajstić information content (AvgIpc) is 2.93. The van der Waals surface area contributed by atoms with Crippen LogP contribution in [0.25, 0.3) is 11.2 Å². The maximum atomic E-state index is 12.4. The summed E-state index contributed by atoms with van der Waals surface area (Å²) >= 11 is 0. The molecule has 1 amide bonds. The number of aromatic nitrogens is 3. The Balaban J connectivity index is 1.73. The van der Waals surface area contributed by atoms with Crippen LogP contribution in [0.4, 0.5) is 0 Å². The largest absolute Gasteiger partial charge is 0.352 e.